The van der Waals surface area contributed by atoms with Gasteiger partial charge in [0.15, 0.2) is 23.9 Å². The van der Waals surface area contributed by atoms with Crippen LogP contribution in [0.2, 0.25) is 0 Å². The van der Waals surface area contributed by atoms with Gasteiger partial charge in [0.1, 0.15) is 5.52 Å². The third-order valence-corrected chi connectivity index (χ3v) is 4.74. The first-order chi connectivity index (χ1) is 13.5. The normalized spacial score (nSPS) is 15.3. The van der Waals surface area contributed by atoms with Crippen molar-refractivity contribution in [2.75, 3.05) is 11.9 Å². The Morgan fingerprint density at radius 1 is 1.21 bits per heavy atom. The average Bonchev–Trinajstić information content (AvgIpc) is 3.24. The summed E-state index contributed by atoms with van der Waals surface area (Å²) >= 11 is 0. The molecule has 3 aromatic rings. The molecule has 142 valence electrons. The molecule has 0 saturated carbocycles. The molecule has 7 nitrogen and oxygen atoms in total. The van der Waals surface area contributed by atoms with Gasteiger partial charge in [-0.2, -0.15) is 0 Å². The van der Waals surface area contributed by atoms with Crippen LogP contribution >= 0.6 is 0 Å². The van der Waals surface area contributed by atoms with Gasteiger partial charge in [0.25, 0.3) is 0 Å². The Bertz CT molecular complexity index is 1050. The van der Waals surface area contributed by atoms with Gasteiger partial charge >= 0.3 is 5.97 Å². The number of hydrogen-bond acceptors (Lipinski definition) is 6. The van der Waals surface area contributed by atoms with Gasteiger partial charge in [-0.1, -0.05) is 12.1 Å². The third-order valence-electron chi connectivity index (χ3n) is 4.74. The largest absolute Gasteiger partial charge is 0.457 e. The Hall–Kier alpha value is -3.48. The van der Waals surface area contributed by atoms with Crippen molar-refractivity contribution in [3.63, 3.8) is 0 Å². The summed E-state index contributed by atoms with van der Waals surface area (Å²) in [5.74, 6) is -0.757. The van der Waals surface area contributed by atoms with E-state index in [9.17, 15) is 14.4 Å². The second kappa shape index (κ2) is 7.26. The van der Waals surface area contributed by atoms with Crippen molar-refractivity contribution in [2.24, 2.45) is 0 Å². The van der Waals surface area contributed by atoms with E-state index in [1.54, 1.807) is 25.1 Å². The van der Waals surface area contributed by atoms with E-state index in [-0.39, 0.29) is 30.6 Å². The molecule has 0 fully saturated rings. The molecule has 2 heterocycles. The second-order valence-electron chi connectivity index (χ2n) is 6.67. The van der Waals surface area contributed by atoms with Gasteiger partial charge in [0.2, 0.25) is 5.91 Å². The van der Waals surface area contributed by atoms with Crippen LogP contribution in [0.25, 0.3) is 11.1 Å². The zero-order valence-electron chi connectivity index (χ0n) is 15.2. The standard InChI is InChI=1S/C21H18N2O5/c1-12-14-10-13(6-7-15(14)23-21(12)26)17(24)11-27-20(25)9-8-19-22-16-4-2-3-5-18(16)28-19/h2-7,10,12H,8-9,11H2,1H3,(H,23,26)/t12-/m0/s1. The van der Waals surface area contributed by atoms with E-state index in [0.717, 1.165) is 11.1 Å². The van der Waals surface area contributed by atoms with Gasteiger partial charge in [-0.3, -0.25) is 14.4 Å². The van der Waals surface area contributed by atoms with E-state index < -0.39 is 5.97 Å². The maximum atomic E-state index is 12.3. The van der Waals surface area contributed by atoms with Crippen molar-refractivity contribution in [2.45, 2.75) is 25.7 Å². The average molecular weight is 378 g/mol. The van der Waals surface area contributed by atoms with Crippen molar-refractivity contribution < 1.29 is 23.5 Å². The minimum absolute atomic E-state index is 0.0692. The number of benzene rings is 2. The predicted octanol–water partition coefficient (Wildman–Crippen LogP) is 3.24. The molecule has 1 N–H and O–H groups in total. The van der Waals surface area contributed by atoms with Crippen LogP contribution in [0.15, 0.2) is 46.9 Å². The zero-order valence-corrected chi connectivity index (χ0v) is 15.2. The van der Waals surface area contributed by atoms with Crippen molar-refractivity contribution in [3.8, 4) is 0 Å². The van der Waals surface area contributed by atoms with Crippen LogP contribution in [0, 0.1) is 0 Å². The van der Waals surface area contributed by atoms with E-state index in [1.165, 1.54) is 0 Å². The first kappa shape index (κ1) is 17.9. The molecule has 2 aromatic carbocycles. The monoisotopic (exact) mass is 378 g/mol. The molecule has 1 atom stereocenters. The highest BCUT2D eigenvalue weighted by atomic mass is 16.5. The summed E-state index contributed by atoms with van der Waals surface area (Å²) in [4.78, 5) is 40.3. The highest BCUT2D eigenvalue weighted by molar-refractivity contribution is 6.05. The number of Topliss-reactive ketones (excluding diaryl/α,β-unsaturated/α-hetero) is 1. The maximum absolute atomic E-state index is 12.3. The Labute approximate surface area is 160 Å². The van der Waals surface area contributed by atoms with Crippen LogP contribution in [0.4, 0.5) is 5.69 Å². The van der Waals surface area contributed by atoms with Gasteiger partial charge in [-0.05, 0) is 42.8 Å². The summed E-state index contributed by atoms with van der Waals surface area (Å²) in [7, 11) is 0. The van der Waals surface area contributed by atoms with E-state index in [1.807, 2.05) is 24.3 Å². The Kier molecular flexibility index (Phi) is 4.65. The molecular weight excluding hydrogens is 360 g/mol. The molecule has 0 spiro atoms. The fourth-order valence-electron chi connectivity index (χ4n) is 3.13. The molecule has 0 aliphatic carbocycles. The first-order valence-electron chi connectivity index (χ1n) is 8.99. The quantitative estimate of drug-likeness (QED) is 0.522. The number of hydrogen-bond donors (Lipinski definition) is 1. The molecule has 1 aliphatic heterocycles. The number of ether oxygens (including phenoxy) is 1. The molecule has 0 saturated heterocycles. The topological polar surface area (TPSA) is 98.5 Å². The molecule has 7 heteroatoms. The van der Waals surface area contributed by atoms with Crippen LogP contribution in [0.5, 0.6) is 0 Å². The summed E-state index contributed by atoms with van der Waals surface area (Å²) < 4.78 is 10.6. The van der Waals surface area contributed by atoms with Crippen molar-refractivity contribution in [1.82, 2.24) is 4.98 Å². The summed E-state index contributed by atoms with van der Waals surface area (Å²) in [5.41, 5.74) is 3.30. The lowest BCUT2D eigenvalue weighted by Gasteiger charge is -2.06. The van der Waals surface area contributed by atoms with Gasteiger partial charge < -0.3 is 14.5 Å². The fraction of sp³-hybridized carbons (Fsp3) is 0.238. The number of fused-ring (bicyclic) bond motifs is 2. The molecule has 0 radical (unpaired) electrons. The molecule has 1 aromatic heterocycles. The van der Waals surface area contributed by atoms with Crippen LogP contribution in [0.3, 0.4) is 0 Å². The van der Waals surface area contributed by atoms with Crippen LogP contribution in [-0.4, -0.2) is 29.3 Å². The number of oxazole rings is 1. The van der Waals surface area contributed by atoms with Crippen molar-refractivity contribution in [3.05, 3.63) is 59.5 Å². The fourth-order valence-corrected chi connectivity index (χ4v) is 3.13. The number of esters is 1. The van der Waals surface area contributed by atoms with Crippen molar-refractivity contribution >= 4 is 34.4 Å². The number of rotatable bonds is 6. The first-order valence-corrected chi connectivity index (χ1v) is 8.99. The van der Waals surface area contributed by atoms with Gasteiger partial charge in [0, 0.05) is 17.7 Å². The number of ketones is 1. The maximum Gasteiger partial charge on any atom is 0.306 e. The number of aryl methyl sites for hydroxylation is 1. The lowest BCUT2D eigenvalue weighted by atomic mass is 9.99. The zero-order chi connectivity index (χ0) is 19.7. The number of aromatic nitrogens is 1. The Morgan fingerprint density at radius 2 is 2.04 bits per heavy atom. The highest BCUT2D eigenvalue weighted by Crippen LogP contribution is 2.32. The number of anilines is 1. The number of nitrogens with zero attached hydrogens (tertiary/aromatic N) is 1. The molecule has 1 aliphatic rings. The van der Waals surface area contributed by atoms with Crippen molar-refractivity contribution in [1.29, 1.82) is 0 Å². The number of carbonyl (C=O) groups is 3. The number of nitrogens with one attached hydrogen (secondary N) is 1. The summed E-state index contributed by atoms with van der Waals surface area (Å²) in [6.45, 7) is 1.43. The van der Waals surface area contributed by atoms with Gasteiger partial charge in [-0.25, -0.2) is 4.98 Å². The number of carbonyl (C=O) groups excluding carboxylic acids is 3. The molecule has 28 heavy (non-hydrogen) atoms. The van der Waals surface area contributed by atoms with Gasteiger partial charge in [-0.15, -0.1) is 0 Å². The van der Waals surface area contributed by atoms with Crippen LogP contribution in [0.1, 0.15) is 41.1 Å². The number of para-hydroxylation sites is 2. The Balaban J connectivity index is 1.31. The molecule has 4 rings (SSSR count). The summed E-state index contributed by atoms with van der Waals surface area (Å²) in [5, 5.41) is 2.75. The van der Waals surface area contributed by atoms with E-state index in [2.05, 4.69) is 10.3 Å². The number of amides is 1. The predicted molar refractivity (Wildman–Crippen MR) is 101 cm³/mol. The molecule has 1 amide bonds. The van der Waals surface area contributed by atoms with Gasteiger partial charge in [0.05, 0.1) is 12.3 Å². The Morgan fingerprint density at radius 3 is 2.86 bits per heavy atom. The lowest BCUT2D eigenvalue weighted by molar-refractivity contribution is -0.142. The molecular formula is C21H18N2O5. The summed E-state index contributed by atoms with van der Waals surface area (Å²) in [6, 6.07) is 12.3. The SMILES string of the molecule is C[C@@H]1C(=O)Nc2ccc(C(=O)COC(=O)CCc3nc4ccccc4o3)cc21. The lowest BCUT2D eigenvalue weighted by Crippen LogP contribution is -2.14. The van der Waals surface area contributed by atoms with E-state index in [4.69, 9.17) is 9.15 Å². The van der Waals surface area contributed by atoms with Crippen LogP contribution in [-0.2, 0) is 20.7 Å². The van der Waals surface area contributed by atoms with E-state index >= 15 is 0 Å². The smallest absolute Gasteiger partial charge is 0.306 e. The summed E-state index contributed by atoms with van der Waals surface area (Å²) in [6.07, 6.45) is 0.367. The minimum Gasteiger partial charge on any atom is -0.457 e. The minimum atomic E-state index is -0.498. The molecule has 0 unspecified atom stereocenters. The highest BCUT2D eigenvalue weighted by Gasteiger charge is 2.27. The third kappa shape index (κ3) is 3.51. The molecule has 0 bridgehead atoms. The van der Waals surface area contributed by atoms with Crippen LogP contribution < -0.4 is 5.32 Å². The second-order valence-corrected chi connectivity index (χ2v) is 6.67. The van der Waals surface area contributed by atoms with E-state index in [0.29, 0.717) is 29.1 Å².